The van der Waals surface area contributed by atoms with E-state index in [-0.39, 0.29) is 12.3 Å². The van der Waals surface area contributed by atoms with E-state index < -0.39 is 0 Å². The van der Waals surface area contributed by atoms with Crippen molar-refractivity contribution in [1.82, 2.24) is 29.9 Å². The van der Waals surface area contributed by atoms with Crippen LogP contribution in [0.15, 0.2) is 42.2 Å². The third-order valence-electron chi connectivity index (χ3n) is 4.86. The quantitative estimate of drug-likeness (QED) is 0.419. The largest absolute Gasteiger partial charge is 0.383 e. The minimum absolute atomic E-state index is 0.0962. The number of rotatable bonds is 8. The fourth-order valence-corrected chi connectivity index (χ4v) is 4.14. The van der Waals surface area contributed by atoms with Crippen molar-refractivity contribution in [1.29, 1.82) is 0 Å². The number of H-pyrrole nitrogens is 1. The van der Waals surface area contributed by atoms with Crippen LogP contribution < -0.4 is 5.32 Å². The van der Waals surface area contributed by atoms with Gasteiger partial charge < -0.3 is 14.8 Å². The van der Waals surface area contributed by atoms with Crippen LogP contribution in [0.2, 0.25) is 0 Å². The van der Waals surface area contributed by atoms with Crippen LogP contribution in [0, 0.1) is 6.92 Å². The monoisotopic (exact) mass is 423 g/mol. The number of aromatic nitrogens is 6. The van der Waals surface area contributed by atoms with E-state index in [1.54, 1.807) is 30.8 Å². The zero-order valence-corrected chi connectivity index (χ0v) is 17.4. The SMILES string of the molecule is COCCn1cc(NC2OC2c2csc(-c3cn[nH]c3C)n2)c(-c2ccccn2)n1. The van der Waals surface area contributed by atoms with Crippen LogP contribution in [0.5, 0.6) is 0 Å². The number of methoxy groups -OCH3 is 1. The van der Waals surface area contributed by atoms with Crippen LogP contribution in [-0.4, -0.2) is 49.9 Å². The van der Waals surface area contributed by atoms with Crippen molar-refractivity contribution >= 4 is 17.0 Å². The number of hydrogen-bond acceptors (Lipinski definition) is 8. The Bertz CT molecular complexity index is 1140. The predicted molar refractivity (Wildman–Crippen MR) is 113 cm³/mol. The summed E-state index contributed by atoms with van der Waals surface area (Å²) >= 11 is 1.59. The topological polar surface area (TPSA) is 106 Å². The molecule has 4 aromatic rings. The molecule has 154 valence electrons. The van der Waals surface area contributed by atoms with Crippen molar-refractivity contribution < 1.29 is 9.47 Å². The molecule has 1 fully saturated rings. The van der Waals surface area contributed by atoms with Crippen molar-refractivity contribution in [2.45, 2.75) is 25.8 Å². The lowest BCUT2D eigenvalue weighted by Gasteiger charge is -2.02. The van der Waals surface area contributed by atoms with E-state index in [2.05, 4.69) is 25.6 Å². The molecule has 10 heteroatoms. The van der Waals surface area contributed by atoms with Gasteiger partial charge in [-0.1, -0.05) is 6.07 Å². The maximum absolute atomic E-state index is 5.88. The van der Waals surface area contributed by atoms with E-state index >= 15 is 0 Å². The number of aromatic amines is 1. The number of thiazole rings is 1. The second-order valence-corrected chi connectivity index (χ2v) is 7.83. The van der Waals surface area contributed by atoms with E-state index in [0.29, 0.717) is 13.2 Å². The molecule has 2 N–H and O–H groups in total. The van der Waals surface area contributed by atoms with Crippen molar-refractivity contribution in [3.63, 3.8) is 0 Å². The summed E-state index contributed by atoms with van der Waals surface area (Å²) in [5, 5.41) is 18.1. The molecule has 4 aromatic heterocycles. The summed E-state index contributed by atoms with van der Waals surface area (Å²) in [5.74, 6) is 0. The van der Waals surface area contributed by atoms with E-state index in [9.17, 15) is 0 Å². The zero-order valence-electron chi connectivity index (χ0n) is 16.6. The van der Waals surface area contributed by atoms with Gasteiger partial charge in [-0.15, -0.1) is 11.3 Å². The molecule has 5 heterocycles. The van der Waals surface area contributed by atoms with Crippen molar-refractivity contribution in [2.75, 3.05) is 19.0 Å². The van der Waals surface area contributed by atoms with Crippen LogP contribution in [0.4, 0.5) is 5.69 Å². The number of epoxide rings is 1. The molecule has 9 nitrogen and oxygen atoms in total. The van der Waals surface area contributed by atoms with E-state index in [1.165, 1.54) is 0 Å². The summed E-state index contributed by atoms with van der Waals surface area (Å²) in [6, 6.07) is 5.78. The Balaban J connectivity index is 1.34. The molecule has 0 aromatic carbocycles. The number of nitrogens with one attached hydrogen (secondary N) is 2. The molecular weight excluding hydrogens is 402 g/mol. The number of nitrogens with zero attached hydrogens (tertiary/aromatic N) is 5. The molecule has 0 bridgehead atoms. The summed E-state index contributed by atoms with van der Waals surface area (Å²) < 4.78 is 12.9. The Morgan fingerprint density at radius 1 is 1.37 bits per heavy atom. The molecule has 5 rings (SSSR count). The molecule has 1 aliphatic heterocycles. The number of hydrogen-bond donors (Lipinski definition) is 2. The summed E-state index contributed by atoms with van der Waals surface area (Å²) in [7, 11) is 1.68. The zero-order chi connectivity index (χ0) is 20.5. The van der Waals surface area contributed by atoms with Gasteiger partial charge in [0.25, 0.3) is 0 Å². The highest BCUT2D eigenvalue weighted by Crippen LogP contribution is 2.42. The lowest BCUT2D eigenvalue weighted by molar-refractivity contribution is 0.183. The van der Waals surface area contributed by atoms with Gasteiger partial charge in [0.2, 0.25) is 0 Å². The van der Waals surface area contributed by atoms with Gasteiger partial charge in [0, 0.05) is 30.6 Å². The second kappa shape index (κ2) is 7.98. The molecule has 0 saturated carbocycles. The molecular formula is C20H21N7O2S. The first-order valence-electron chi connectivity index (χ1n) is 9.58. The van der Waals surface area contributed by atoms with Crippen LogP contribution in [-0.2, 0) is 16.0 Å². The Hall–Kier alpha value is -3.08. The molecule has 1 aliphatic rings. The van der Waals surface area contributed by atoms with Crippen LogP contribution in [0.1, 0.15) is 17.5 Å². The van der Waals surface area contributed by atoms with Crippen molar-refractivity contribution in [3.8, 4) is 22.0 Å². The molecule has 0 radical (unpaired) electrons. The predicted octanol–water partition coefficient (Wildman–Crippen LogP) is 3.26. The van der Waals surface area contributed by atoms with Gasteiger partial charge in [0.05, 0.1) is 42.0 Å². The van der Waals surface area contributed by atoms with Gasteiger partial charge in [0.1, 0.15) is 16.8 Å². The highest BCUT2D eigenvalue weighted by Gasteiger charge is 2.43. The number of pyridine rings is 1. The molecule has 2 atom stereocenters. The average molecular weight is 424 g/mol. The van der Waals surface area contributed by atoms with E-state index in [4.69, 9.17) is 14.5 Å². The average Bonchev–Trinajstić information content (AvgIpc) is 3.12. The third-order valence-corrected chi connectivity index (χ3v) is 5.75. The number of anilines is 1. The van der Waals surface area contributed by atoms with Gasteiger partial charge in [-0.2, -0.15) is 10.2 Å². The summed E-state index contributed by atoms with van der Waals surface area (Å²) in [5.41, 5.74) is 5.41. The highest BCUT2D eigenvalue weighted by atomic mass is 32.1. The Kier molecular flexibility index (Phi) is 5.03. The number of ether oxygens (including phenoxy) is 2. The summed E-state index contributed by atoms with van der Waals surface area (Å²) in [6.45, 7) is 3.23. The van der Waals surface area contributed by atoms with Crippen LogP contribution in [0.3, 0.4) is 0 Å². The summed E-state index contributed by atoms with van der Waals surface area (Å²) in [4.78, 5) is 9.18. The Morgan fingerprint density at radius 2 is 2.30 bits per heavy atom. The van der Waals surface area contributed by atoms with E-state index in [0.717, 1.165) is 39.0 Å². The van der Waals surface area contributed by atoms with Gasteiger partial charge in [-0.3, -0.25) is 14.8 Å². The Morgan fingerprint density at radius 3 is 3.07 bits per heavy atom. The lowest BCUT2D eigenvalue weighted by atomic mass is 10.2. The second-order valence-electron chi connectivity index (χ2n) is 6.97. The first-order valence-corrected chi connectivity index (χ1v) is 10.5. The molecule has 0 spiro atoms. The van der Waals surface area contributed by atoms with Gasteiger partial charge in [-0.05, 0) is 19.1 Å². The van der Waals surface area contributed by atoms with Gasteiger partial charge >= 0.3 is 0 Å². The normalized spacial score (nSPS) is 17.9. The molecule has 0 aliphatic carbocycles. The maximum atomic E-state index is 5.88. The minimum atomic E-state index is -0.159. The molecule has 1 saturated heterocycles. The highest BCUT2D eigenvalue weighted by molar-refractivity contribution is 7.13. The van der Waals surface area contributed by atoms with E-state index in [1.807, 2.05) is 41.4 Å². The number of aryl methyl sites for hydroxylation is 1. The first kappa shape index (κ1) is 18.9. The van der Waals surface area contributed by atoms with Crippen molar-refractivity contribution in [3.05, 3.63) is 53.6 Å². The summed E-state index contributed by atoms with van der Waals surface area (Å²) in [6.07, 6.45) is 5.27. The smallest absolute Gasteiger partial charge is 0.161 e. The van der Waals surface area contributed by atoms with Crippen LogP contribution >= 0.6 is 11.3 Å². The minimum Gasteiger partial charge on any atom is -0.383 e. The fraction of sp³-hybridized carbons (Fsp3) is 0.300. The van der Waals surface area contributed by atoms with Crippen molar-refractivity contribution in [2.24, 2.45) is 0 Å². The molecule has 2 unspecified atom stereocenters. The fourth-order valence-electron chi connectivity index (χ4n) is 3.23. The van der Waals surface area contributed by atoms with Gasteiger partial charge in [-0.25, -0.2) is 4.98 Å². The standard InChI is InChI=1S/C20H21N7O2S/c1-12-13(9-22-25-12)20-24-16(11-30-20)18-19(29-18)23-15-10-27(7-8-28-2)26-17(15)14-5-3-4-6-21-14/h3-6,9-11,18-19,23H,7-8H2,1-2H3,(H,22,25). The maximum Gasteiger partial charge on any atom is 0.161 e. The van der Waals surface area contributed by atoms with Gasteiger partial charge in [0.15, 0.2) is 6.23 Å². The molecule has 0 amide bonds. The lowest BCUT2D eigenvalue weighted by Crippen LogP contribution is -2.05. The first-order chi connectivity index (χ1) is 14.7. The molecule has 30 heavy (non-hydrogen) atoms. The third kappa shape index (κ3) is 3.72. The van der Waals surface area contributed by atoms with Crippen LogP contribution in [0.25, 0.3) is 22.0 Å². The Labute approximate surface area is 177 Å².